The van der Waals surface area contributed by atoms with Crippen molar-refractivity contribution >= 4 is 74.6 Å². The van der Waals surface area contributed by atoms with Crippen LogP contribution >= 0.6 is 39.7 Å². The van der Waals surface area contributed by atoms with Crippen molar-refractivity contribution in [3.05, 3.63) is 45.9 Å². The lowest BCUT2D eigenvalue weighted by Crippen LogP contribution is -2.45. The number of nitrogens with two attached hydrogens (primary N) is 1. The summed E-state index contributed by atoms with van der Waals surface area (Å²) in [6.07, 6.45) is 0. The average molecular weight is 579 g/mol. The van der Waals surface area contributed by atoms with Crippen molar-refractivity contribution in [2.45, 2.75) is 43.8 Å². The van der Waals surface area contributed by atoms with E-state index in [0.717, 1.165) is 8.78 Å². The molecule has 0 fully saturated rings. The molecule has 0 bridgehead atoms. The van der Waals surface area contributed by atoms with Crippen LogP contribution in [0, 0.1) is 0 Å². The maximum atomic E-state index is 13.3. The third-order valence-corrected chi connectivity index (χ3v) is 13.0. The molecule has 0 aliphatic heterocycles. The molecular formula is C21H29BrClN3O3S2Si. The number of nitrogens with zero attached hydrogens (tertiary/aromatic N) is 2. The molecule has 2 aromatic carbocycles. The largest absolute Gasteiger partial charge is 0.541 e. The molecule has 0 aliphatic carbocycles. The van der Waals surface area contributed by atoms with Crippen molar-refractivity contribution in [3.63, 3.8) is 0 Å². The highest BCUT2D eigenvalue weighted by Gasteiger charge is 2.42. The first-order valence-electron chi connectivity index (χ1n) is 9.80. The second-order valence-electron chi connectivity index (χ2n) is 9.00. The van der Waals surface area contributed by atoms with Gasteiger partial charge in [-0.25, -0.2) is 12.7 Å². The molecule has 6 nitrogen and oxygen atoms in total. The molecule has 0 saturated heterocycles. The fraction of sp³-hybridized carbons (Fsp3) is 0.381. The minimum Gasteiger partial charge on any atom is -0.541 e. The van der Waals surface area contributed by atoms with Gasteiger partial charge in [0.05, 0.1) is 16.4 Å². The number of hydrogen-bond acceptors (Lipinski definition) is 4. The molecule has 0 atom stereocenters. The van der Waals surface area contributed by atoms with Gasteiger partial charge < -0.3 is 10.2 Å². The lowest BCUT2D eigenvalue weighted by molar-refractivity contribution is 0.473. The second kappa shape index (κ2) is 9.59. The zero-order chi connectivity index (χ0) is 24.6. The van der Waals surface area contributed by atoms with Crippen molar-refractivity contribution in [3.8, 4) is 5.75 Å². The van der Waals surface area contributed by atoms with E-state index in [1.165, 1.54) is 20.2 Å². The van der Waals surface area contributed by atoms with Crippen LogP contribution in [0.4, 0.5) is 11.4 Å². The van der Waals surface area contributed by atoms with E-state index in [2.05, 4.69) is 36.7 Å². The first-order chi connectivity index (χ1) is 14.5. The SMILES string of the molecule is CN(C)S(=O)(=O)c1c(Cl)ccc(N(C(N)=S)c2ccccc2Br)c1O[Si](C)(C)C(C)(C)C. The summed E-state index contributed by atoms with van der Waals surface area (Å²) in [5.41, 5.74) is 7.20. The van der Waals surface area contributed by atoms with Crippen molar-refractivity contribution in [1.82, 2.24) is 4.31 Å². The van der Waals surface area contributed by atoms with Crippen LogP contribution in [-0.4, -0.2) is 40.2 Å². The number of hydrogen-bond donors (Lipinski definition) is 1. The topological polar surface area (TPSA) is 75.9 Å². The summed E-state index contributed by atoms with van der Waals surface area (Å²) in [6, 6.07) is 10.6. The van der Waals surface area contributed by atoms with Gasteiger partial charge in [0.1, 0.15) is 10.6 Å². The third-order valence-electron chi connectivity index (χ3n) is 5.50. The summed E-state index contributed by atoms with van der Waals surface area (Å²) in [5.74, 6) is 0.140. The van der Waals surface area contributed by atoms with Crippen LogP contribution in [0.2, 0.25) is 23.2 Å². The number of benzene rings is 2. The Morgan fingerprint density at radius 1 is 1.12 bits per heavy atom. The van der Waals surface area contributed by atoms with Crippen LogP contribution in [0.1, 0.15) is 20.8 Å². The fourth-order valence-electron chi connectivity index (χ4n) is 2.63. The predicted molar refractivity (Wildman–Crippen MR) is 143 cm³/mol. The molecule has 0 amide bonds. The smallest absolute Gasteiger partial charge is 0.250 e. The Hall–Kier alpha value is -1.17. The highest BCUT2D eigenvalue weighted by atomic mass is 79.9. The third kappa shape index (κ3) is 5.31. The lowest BCUT2D eigenvalue weighted by atomic mass is 10.2. The molecule has 11 heteroatoms. The summed E-state index contributed by atoms with van der Waals surface area (Å²) in [5, 5.41) is -0.105. The number of anilines is 2. The number of thiocarbonyl (C=S) groups is 1. The van der Waals surface area contributed by atoms with E-state index in [9.17, 15) is 8.42 Å². The van der Waals surface area contributed by atoms with Gasteiger partial charge in [0.15, 0.2) is 5.11 Å². The van der Waals surface area contributed by atoms with Crippen LogP contribution in [0.25, 0.3) is 0 Å². The van der Waals surface area contributed by atoms with E-state index >= 15 is 0 Å². The van der Waals surface area contributed by atoms with Crippen LogP contribution in [0.3, 0.4) is 0 Å². The number of halogens is 2. The van der Waals surface area contributed by atoms with Crippen LogP contribution in [0.15, 0.2) is 45.8 Å². The van der Waals surface area contributed by atoms with Crippen molar-refractivity contribution in [2.75, 3.05) is 19.0 Å². The summed E-state index contributed by atoms with van der Waals surface area (Å²) in [7, 11) is -3.55. The van der Waals surface area contributed by atoms with Crippen LogP contribution in [-0.2, 0) is 10.0 Å². The Bertz CT molecular complexity index is 1140. The zero-order valence-electron chi connectivity index (χ0n) is 19.2. The number of para-hydroxylation sites is 1. The second-order valence-corrected chi connectivity index (χ2v) is 17.5. The van der Waals surface area contributed by atoms with Gasteiger partial charge >= 0.3 is 0 Å². The minimum absolute atomic E-state index is 0.0347. The summed E-state index contributed by atoms with van der Waals surface area (Å²) < 4.78 is 35.1. The fourth-order valence-corrected chi connectivity index (χ4v) is 5.89. The maximum Gasteiger partial charge on any atom is 0.250 e. The molecule has 0 heterocycles. The van der Waals surface area contributed by atoms with E-state index in [1.54, 1.807) is 11.0 Å². The van der Waals surface area contributed by atoms with E-state index in [0.29, 0.717) is 11.4 Å². The van der Waals surface area contributed by atoms with Gasteiger partial charge in [-0.1, -0.05) is 44.5 Å². The van der Waals surface area contributed by atoms with Gasteiger partial charge in [-0.3, -0.25) is 4.90 Å². The molecule has 2 rings (SSSR count). The van der Waals surface area contributed by atoms with Gasteiger partial charge in [0.25, 0.3) is 8.32 Å². The normalized spacial score (nSPS) is 12.7. The Balaban J connectivity index is 2.98. The van der Waals surface area contributed by atoms with Gasteiger partial charge in [-0.2, -0.15) is 0 Å². The predicted octanol–water partition coefficient (Wildman–Crippen LogP) is 6.12. The molecule has 176 valence electrons. The molecule has 2 N–H and O–H groups in total. The van der Waals surface area contributed by atoms with E-state index in [-0.39, 0.29) is 25.8 Å². The molecule has 0 radical (unpaired) electrons. The Morgan fingerprint density at radius 3 is 2.16 bits per heavy atom. The first-order valence-corrected chi connectivity index (χ1v) is 15.7. The molecule has 2 aromatic rings. The molecule has 0 saturated carbocycles. The highest BCUT2D eigenvalue weighted by Crippen LogP contribution is 2.48. The summed E-state index contributed by atoms with van der Waals surface area (Å²) in [6.45, 7) is 10.3. The zero-order valence-corrected chi connectivity index (χ0v) is 24.2. The molecule has 0 spiro atoms. The first kappa shape index (κ1) is 27.1. The van der Waals surface area contributed by atoms with Crippen LogP contribution in [0.5, 0.6) is 5.75 Å². The highest BCUT2D eigenvalue weighted by molar-refractivity contribution is 9.10. The van der Waals surface area contributed by atoms with Crippen molar-refractivity contribution in [2.24, 2.45) is 5.73 Å². The van der Waals surface area contributed by atoms with E-state index < -0.39 is 18.3 Å². The molecule has 0 aliphatic rings. The van der Waals surface area contributed by atoms with Crippen molar-refractivity contribution in [1.29, 1.82) is 0 Å². The number of rotatable bonds is 6. The minimum atomic E-state index is -3.95. The van der Waals surface area contributed by atoms with Gasteiger partial charge in [-0.05, 0) is 70.5 Å². The van der Waals surface area contributed by atoms with E-state index in [1.807, 2.05) is 37.4 Å². The van der Waals surface area contributed by atoms with Crippen LogP contribution < -0.4 is 15.1 Å². The quantitative estimate of drug-likeness (QED) is 0.329. The average Bonchev–Trinajstić information content (AvgIpc) is 2.63. The maximum absolute atomic E-state index is 13.3. The lowest BCUT2D eigenvalue weighted by Gasteiger charge is -2.39. The molecule has 0 aromatic heterocycles. The Morgan fingerprint density at radius 2 is 1.69 bits per heavy atom. The Labute approximate surface area is 211 Å². The van der Waals surface area contributed by atoms with Gasteiger partial charge in [0, 0.05) is 18.6 Å². The monoisotopic (exact) mass is 577 g/mol. The number of sulfonamides is 1. The molecule has 0 unspecified atom stereocenters. The molecular weight excluding hydrogens is 550 g/mol. The summed E-state index contributed by atoms with van der Waals surface area (Å²) in [4.78, 5) is 1.48. The Kier molecular flexibility index (Phi) is 8.12. The summed E-state index contributed by atoms with van der Waals surface area (Å²) >= 11 is 15.4. The van der Waals surface area contributed by atoms with Crippen molar-refractivity contribution < 1.29 is 12.8 Å². The standard InChI is InChI=1S/C21H29BrClN3O3S2Si/c1-21(2,3)32(6,7)29-18-17(13-12-15(23)19(18)31(27,28)25(4)5)26(20(24)30)16-11-9-8-10-14(16)22/h8-13H,1-7H3,(H2,24,30). The molecule has 32 heavy (non-hydrogen) atoms. The van der Waals surface area contributed by atoms with Gasteiger partial charge in [0.2, 0.25) is 10.0 Å². The van der Waals surface area contributed by atoms with Gasteiger partial charge in [-0.15, -0.1) is 0 Å². The van der Waals surface area contributed by atoms with E-state index in [4.69, 9.17) is 34.0 Å².